The zero-order valence-corrected chi connectivity index (χ0v) is 14.1. The summed E-state index contributed by atoms with van der Waals surface area (Å²) >= 11 is 0. The summed E-state index contributed by atoms with van der Waals surface area (Å²) in [5, 5.41) is 11.5. The maximum atomic E-state index is 12.0. The molecule has 1 N–H and O–H groups in total. The number of hydrogen-bond acceptors (Lipinski definition) is 3. The molecule has 6 nitrogen and oxygen atoms in total. The first-order valence-corrected chi connectivity index (χ1v) is 7.69. The first-order chi connectivity index (χ1) is 10.4. The highest BCUT2D eigenvalue weighted by Crippen LogP contribution is 2.17. The molecule has 0 spiro atoms. The van der Waals surface area contributed by atoms with Gasteiger partial charge in [0.2, 0.25) is 5.91 Å². The predicted octanol–water partition coefficient (Wildman–Crippen LogP) is 2.46. The lowest BCUT2D eigenvalue weighted by molar-refractivity contribution is -0.116. The van der Waals surface area contributed by atoms with Crippen molar-refractivity contribution < 1.29 is 4.79 Å². The molecule has 6 heteroatoms. The van der Waals surface area contributed by atoms with E-state index in [9.17, 15) is 4.79 Å². The lowest BCUT2D eigenvalue weighted by Crippen LogP contribution is -2.13. The van der Waals surface area contributed by atoms with Gasteiger partial charge in [-0.25, -0.2) is 0 Å². The van der Waals surface area contributed by atoms with Crippen LogP contribution in [0.4, 0.5) is 5.82 Å². The fourth-order valence-corrected chi connectivity index (χ4v) is 2.55. The minimum atomic E-state index is -0.0193. The van der Waals surface area contributed by atoms with Crippen molar-refractivity contribution in [1.29, 1.82) is 0 Å². The summed E-state index contributed by atoms with van der Waals surface area (Å²) in [6, 6.07) is 1.79. The van der Waals surface area contributed by atoms with Crippen molar-refractivity contribution in [2.24, 2.45) is 13.0 Å². The van der Waals surface area contributed by atoms with Crippen LogP contribution in [0, 0.1) is 19.8 Å². The summed E-state index contributed by atoms with van der Waals surface area (Å²) in [5.41, 5.74) is 3.36. The number of amides is 1. The minimum absolute atomic E-state index is 0.0193. The fourth-order valence-electron chi connectivity index (χ4n) is 2.55. The first-order valence-electron chi connectivity index (χ1n) is 7.69. The topological polar surface area (TPSA) is 64.7 Å². The molecule has 22 heavy (non-hydrogen) atoms. The van der Waals surface area contributed by atoms with E-state index in [1.807, 2.05) is 18.7 Å². The summed E-state index contributed by atoms with van der Waals surface area (Å²) in [5.74, 6) is 1.13. The van der Waals surface area contributed by atoms with Gasteiger partial charge in [-0.15, -0.1) is 0 Å². The summed E-state index contributed by atoms with van der Waals surface area (Å²) in [6.07, 6.45) is 2.94. The number of nitrogens with zero attached hydrogens (tertiary/aromatic N) is 4. The van der Waals surface area contributed by atoms with Crippen LogP contribution in [0.1, 0.15) is 37.2 Å². The molecule has 2 rings (SSSR count). The number of aryl methyl sites for hydroxylation is 2. The average Bonchev–Trinajstić information content (AvgIpc) is 2.92. The fraction of sp³-hybridized carbons (Fsp3) is 0.562. The predicted molar refractivity (Wildman–Crippen MR) is 86.7 cm³/mol. The average molecular weight is 303 g/mol. The van der Waals surface area contributed by atoms with Crippen LogP contribution in [0.15, 0.2) is 12.3 Å². The molecule has 0 saturated heterocycles. The Morgan fingerprint density at radius 3 is 2.64 bits per heavy atom. The van der Waals surface area contributed by atoms with Crippen molar-refractivity contribution in [2.45, 2.75) is 47.1 Å². The molecule has 0 aromatic carbocycles. The highest BCUT2D eigenvalue weighted by atomic mass is 16.1. The summed E-state index contributed by atoms with van der Waals surface area (Å²) in [7, 11) is 1.82. The van der Waals surface area contributed by atoms with E-state index >= 15 is 0 Å². The van der Waals surface area contributed by atoms with Crippen LogP contribution in [-0.4, -0.2) is 25.5 Å². The number of carbonyl (C=O) groups excluding carboxylic acids is 1. The summed E-state index contributed by atoms with van der Waals surface area (Å²) in [6.45, 7) is 9.35. The van der Waals surface area contributed by atoms with Gasteiger partial charge in [0.1, 0.15) is 0 Å². The molecule has 0 aliphatic rings. The van der Waals surface area contributed by atoms with E-state index in [4.69, 9.17) is 0 Å². The van der Waals surface area contributed by atoms with Crippen LogP contribution in [0.25, 0.3) is 0 Å². The SMILES string of the molecule is Cc1nn(CC(C)C)c(C)c1CCC(=O)Nc1ccn(C)n1. The molecule has 2 aromatic rings. The van der Waals surface area contributed by atoms with Gasteiger partial charge in [0.05, 0.1) is 5.69 Å². The van der Waals surface area contributed by atoms with Crippen molar-refractivity contribution in [3.63, 3.8) is 0 Å². The third-order valence-electron chi connectivity index (χ3n) is 3.65. The number of aromatic nitrogens is 4. The van der Waals surface area contributed by atoms with Crippen molar-refractivity contribution in [1.82, 2.24) is 19.6 Å². The van der Waals surface area contributed by atoms with E-state index in [1.165, 1.54) is 5.56 Å². The van der Waals surface area contributed by atoms with Crippen molar-refractivity contribution >= 4 is 11.7 Å². The first kappa shape index (κ1) is 16.3. The molecule has 0 atom stereocenters. The van der Waals surface area contributed by atoms with Crippen molar-refractivity contribution in [3.8, 4) is 0 Å². The molecule has 0 radical (unpaired) electrons. The van der Waals surface area contributed by atoms with Gasteiger partial charge in [-0.05, 0) is 31.7 Å². The van der Waals surface area contributed by atoms with Gasteiger partial charge in [0.15, 0.2) is 5.82 Å². The molecule has 0 fully saturated rings. The zero-order chi connectivity index (χ0) is 16.3. The summed E-state index contributed by atoms with van der Waals surface area (Å²) in [4.78, 5) is 12.0. The zero-order valence-electron chi connectivity index (χ0n) is 14.1. The van der Waals surface area contributed by atoms with Crippen LogP contribution in [0.5, 0.6) is 0 Å². The molecule has 0 saturated carbocycles. The van der Waals surface area contributed by atoms with Crippen LogP contribution < -0.4 is 5.32 Å². The molecule has 120 valence electrons. The van der Waals surface area contributed by atoms with Gasteiger partial charge in [-0.1, -0.05) is 13.8 Å². The number of rotatable bonds is 6. The Morgan fingerprint density at radius 2 is 2.05 bits per heavy atom. The van der Waals surface area contributed by atoms with Gasteiger partial charge >= 0.3 is 0 Å². The van der Waals surface area contributed by atoms with E-state index in [2.05, 4.69) is 36.3 Å². The normalized spacial score (nSPS) is 11.2. The molecular formula is C16H25N5O. The van der Waals surface area contributed by atoms with E-state index in [0.717, 1.165) is 17.9 Å². The monoisotopic (exact) mass is 303 g/mol. The van der Waals surface area contributed by atoms with Crippen molar-refractivity contribution in [2.75, 3.05) is 5.32 Å². The third kappa shape index (κ3) is 3.96. The number of anilines is 1. The molecule has 0 aliphatic carbocycles. The van der Waals surface area contributed by atoms with Crippen LogP contribution in [0.3, 0.4) is 0 Å². The van der Waals surface area contributed by atoms with Gasteiger partial charge < -0.3 is 5.32 Å². The smallest absolute Gasteiger partial charge is 0.225 e. The Morgan fingerprint density at radius 1 is 1.32 bits per heavy atom. The Labute approximate surface area is 131 Å². The van der Waals surface area contributed by atoms with Crippen LogP contribution >= 0.6 is 0 Å². The molecule has 2 aromatic heterocycles. The highest BCUT2D eigenvalue weighted by molar-refractivity contribution is 5.89. The Kier molecular flexibility index (Phi) is 5.00. The second-order valence-corrected chi connectivity index (χ2v) is 6.15. The molecule has 1 amide bonds. The second kappa shape index (κ2) is 6.77. The van der Waals surface area contributed by atoms with E-state index in [0.29, 0.717) is 24.6 Å². The maximum Gasteiger partial charge on any atom is 0.225 e. The Hall–Kier alpha value is -2.11. The third-order valence-corrected chi connectivity index (χ3v) is 3.65. The number of hydrogen-bond donors (Lipinski definition) is 1. The van der Waals surface area contributed by atoms with Gasteiger partial charge in [-0.3, -0.25) is 14.2 Å². The van der Waals surface area contributed by atoms with Crippen LogP contribution in [0.2, 0.25) is 0 Å². The molecule has 0 aliphatic heterocycles. The van der Waals surface area contributed by atoms with Crippen LogP contribution in [-0.2, 0) is 24.8 Å². The van der Waals surface area contributed by atoms with Crippen molar-refractivity contribution in [3.05, 3.63) is 29.2 Å². The largest absolute Gasteiger partial charge is 0.309 e. The molecule has 0 bridgehead atoms. The van der Waals surface area contributed by atoms with E-state index < -0.39 is 0 Å². The minimum Gasteiger partial charge on any atom is -0.309 e. The number of carbonyl (C=O) groups is 1. The second-order valence-electron chi connectivity index (χ2n) is 6.15. The quantitative estimate of drug-likeness (QED) is 0.891. The van der Waals surface area contributed by atoms with Gasteiger partial charge in [-0.2, -0.15) is 10.2 Å². The maximum absolute atomic E-state index is 12.0. The highest BCUT2D eigenvalue weighted by Gasteiger charge is 2.14. The summed E-state index contributed by atoms with van der Waals surface area (Å²) < 4.78 is 3.71. The molecule has 2 heterocycles. The van der Waals surface area contributed by atoms with E-state index in [1.54, 1.807) is 16.9 Å². The lowest BCUT2D eigenvalue weighted by atomic mass is 10.1. The Bertz CT molecular complexity index is 654. The molecular weight excluding hydrogens is 278 g/mol. The van der Waals surface area contributed by atoms with Gasteiger partial charge in [0, 0.05) is 38.0 Å². The van der Waals surface area contributed by atoms with E-state index in [-0.39, 0.29) is 5.91 Å². The Balaban J connectivity index is 1.96. The molecule has 0 unspecified atom stereocenters. The number of nitrogens with one attached hydrogen (secondary N) is 1. The standard InChI is InChI=1S/C16H25N5O/c1-11(2)10-21-13(4)14(12(3)18-21)6-7-16(22)17-15-8-9-20(5)19-15/h8-9,11H,6-7,10H2,1-5H3,(H,17,19,22). The van der Waals surface area contributed by atoms with Gasteiger partial charge in [0.25, 0.3) is 0 Å². The lowest BCUT2D eigenvalue weighted by Gasteiger charge is -2.08.